The summed E-state index contributed by atoms with van der Waals surface area (Å²) in [7, 11) is 0. The van der Waals surface area contributed by atoms with E-state index in [1.54, 1.807) is 11.7 Å². The number of carbonyl (C=O) groups excluding carboxylic acids is 1. The molecule has 1 aliphatic rings. The SMILES string of the molecule is Cc1ncsc1C(=O)NCCn1nc([C@H]2CCNC2)c2cccnc21. The van der Waals surface area contributed by atoms with Gasteiger partial charge in [-0.25, -0.2) is 14.6 Å². The highest BCUT2D eigenvalue weighted by Gasteiger charge is 2.23. The van der Waals surface area contributed by atoms with Crippen LogP contribution in [-0.2, 0) is 6.54 Å². The number of hydrogen-bond acceptors (Lipinski definition) is 6. The maximum atomic E-state index is 12.2. The van der Waals surface area contributed by atoms with E-state index in [0.717, 1.165) is 41.9 Å². The van der Waals surface area contributed by atoms with Crippen molar-refractivity contribution in [3.63, 3.8) is 0 Å². The minimum absolute atomic E-state index is 0.0790. The highest BCUT2D eigenvalue weighted by molar-refractivity contribution is 7.11. The molecule has 130 valence electrons. The molecule has 0 aliphatic carbocycles. The second kappa shape index (κ2) is 6.89. The number of thiazole rings is 1. The normalized spacial score (nSPS) is 17.2. The Morgan fingerprint density at radius 2 is 2.40 bits per heavy atom. The van der Waals surface area contributed by atoms with E-state index in [2.05, 4.69) is 26.7 Å². The lowest BCUT2D eigenvalue weighted by Gasteiger charge is -2.06. The van der Waals surface area contributed by atoms with E-state index in [-0.39, 0.29) is 5.91 Å². The van der Waals surface area contributed by atoms with Gasteiger partial charge in [0.25, 0.3) is 5.91 Å². The average molecular weight is 356 g/mol. The van der Waals surface area contributed by atoms with Gasteiger partial charge in [0.2, 0.25) is 0 Å². The van der Waals surface area contributed by atoms with Gasteiger partial charge in [-0.15, -0.1) is 11.3 Å². The molecular formula is C17H20N6OS. The molecule has 1 fully saturated rings. The summed E-state index contributed by atoms with van der Waals surface area (Å²) in [6, 6.07) is 4.04. The number of amides is 1. The van der Waals surface area contributed by atoms with Gasteiger partial charge in [0.1, 0.15) is 4.88 Å². The van der Waals surface area contributed by atoms with Crippen molar-refractivity contribution in [2.45, 2.75) is 25.8 Å². The molecule has 1 aliphatic heterocycles. The van der Waals surface area contributed by atoms with Gasteiger partial charge in [-0.05, 0) is 32.0 Å². The van der Waals surface area contributed by atoms with E-state index >= 15 is 0 Å². The molecular weight excluding hydrogens is 336 g/mol. The number of nitrogens with zero attached hydrogens (tertiary/aromatic N) is 4. The maximum absolute atomic E-state index is 12.2. The maximum Gasteiger partial charge on any atom is 0.263 e. The summed E-state index contributed by atoms with van der Waals surface area (Å²) < 4.78 is 1.91. The lowest BCUT2D eigenvalue weighted by molar-refractivity contribution is 0.0955. The zero-order valence-corrected chi connectivity index (χ0v) is 14.8. The Morgan fingerprint density at radius 3 is 3.16 bits per heavy atom. The first kappa shape index (κ1) is 16.2. The lowest BCUT2D eigenvalue weighted by Crippen LogP contribution is -2.27. The molecule has 25 heavy (non-hydrogen) atoms. The van der Waals surface area contributed by atoms with Crippen LogP contribution < -0.4 is 10.6 Å². The van der Waals surface area contributed by atoms with Crippen LogP contribution in [0.2, 0.25) is 0 Å². The molecule has 1 saturated heterocycles. The first-order valence-electron chi connectivity index (χ1n) is 8.44. The monoisotopic (exact) mass is 356 g/mol. The molecule has 2 N–H and O–H groups in total. The largest absolute Gasteiger partial charge is 0.349 e. The number of aromatic nitrogens is 4. The molecule has 0 radical (unpaired) electrons. The molecule has 3 aromatic rings. The van der Waals surface area contributed by atoms with Crippen LogP contribution >= 0.6 is 11.3 Å². The second-order valence-electron chi connectivity index (χ2n) is 6.20. The van der Waals surface area contributed by atoms with Crippen molar-refractivity contribution in [3.8, 4) is 0 Å². The first-order valence-corrected chi connectivity index (χ1v) is 9.32. The molecule has 0 saturated carbocycles. The average Bonchev–Trinajstić information content (AvgIpc) is 3.34. The summed E-state index contributed by atoms with van der Waals surface area (Å²) in [5.41, 5.74) is 4.45. The Balaban J connectivity index is 1.50. The summed E-state index contributed by atoms with van der Waals surface area (Å²) in [4.78, 5) is 21.5. The summed E-state index contributed by atoms with van der Waals surface area (Å²) in [6.45, 7) is 4.94. The van der Waals surface area contributed by atoms with Crippen LogP contribution in [0, 0.1) is 6.92 Å². The van der Waals surface area contributed by atoms with Crippen LogP contribution in [-0.4, -0.2) is 45.3 Å². The zero-order chi connectivity index (χ0) is 17.2. The van der Waals surface area contributed by atoms with Crippen LogP contribution in [0.15, 0.2) is 23.8 Å². The van der Waals surface area contributed by atoms with Gasteiger partial charge >= 0.3 is 0 Å². The van der Waals surface area contributed by atoms with Crippen molar-refractivity contribution in [1.29, 1.82) is 0 Å². The lowest BCUT2D eigenvalue weighted by atomic mass is 10.0. The van der Waals surface area contributed by atoms with Crippen molar-refractivity contribution in [3.05, 3.63) is 40.1 Å². The molecule has 1 atom stereocenters. The van der Waals surface area contributed by atoms with Crippen LogP contribution in [0.3, 0.4) is 0 Å². The third-order valence-corrected chi connectivity index (χ3v) is 5.47. The highest BCUT2D eigenvalue weighted by Crippen LogP contribution is 2.27. The van der Waals surface area contributed by atoms with Gasteiger partial charge in [-0.1, -0.05) is 0 Å². The van der Waals surface area contributed by atoms with E-state index in [0.29, 0.717) is 23.9 Å². The molecule has 3 aromatic heterocycles. The third kappa shape index (κ3) is 3.14. The molecule has 0 aromatic carbocycles. The Labute approximate surface area is 149 Å². The fourth-order valence-corrected chi connectivity index (χ4v) is 3.97. The Hall–Kier alpha value is -2.32. The van der Waals surface area contributed by atoms with Crippen molar-refractivity contribution in [1.82, 2.24) is 30.4 Å². The van der Waals surface area contributed by atoms with Gasteiger partial charge in [-0.3, -0.25) is 4.79 Å². The van der Waals surface area contributed by atoms with E-state index in [4.69, 9.17) is 5.10 Å². The topological polar surface area (TPSA) is 84.7 Å². The number of fused-ring (bicyclic) bond motifs is 1. The van der Waals surface area contributed by atoms with Crippen molar-refractivity contribution in [2.24, 2.45) is 0 Å². The number of pyridine rings is 1. The van der Waals surface area contributed by atoms with Crippen molar-refractivity contribution < 1.29 is 4.79 Å². The molecule has 0 unspecified atom stereocenters. The van der Waals surface area contributed by atoms with Crippen molar-refractivity contribution >= 4 is 28.3 Å². The summed E-state index contributed by atoms with van der Waals surface area (Å²) in [5.74, 6) is 0.354. The number of aryl methyl sites for hydroxylation is 1. The summed E-state index contributed by atoms with van der Waals surface area (Å²) >= 11 is 1.36. The minimum Gasteiger partial charge on any atom is -0.349 e. The Kier molecular flexibility index (Phi) is 4.46. The highest BCUT2D eigenvalue weighted by atomic mass is 32.1. The van der Waals surface area contributed by atoms with E-state index in [1.165, 1.54) is 11.3 Å². The summed E-state index contributed by atoms with van der Waals surface area (Å²) in [6.07, 6.45) is 2.89. The van der Waals surface area contributed by atoms with Gasteiger partial charge in [0.05, 0.1) is 23.4 Å². The van der Waals surface area contributed by atoms with Gasteiger partial charge in [-0.2, -0.15) is 5.10 Å². The Bertz CT molecular complexity index is 896. The smallest absolute Gasteiger partial charge is 0.263 e. The molecule has 0 bridgehead atoms. The van der Waals surface area contributed by atoms with Crippen molar-refractivity contribution in [2.75, 3.05) is 19.6 Å². The van der Waals surface area contributed by atoms with Gasteiger partial charge in [0.15, 0.2) is 5.65 Å². The number of hydrogen-bond donors (Lipinski definition) is 2. The summed E-state index contributed by atoms with van der Waals surface area (Å²) in [5, 5.41) is 12.3. The van der Waals surface area contributed by atoms with Crippen LogP contribution in [0.4, 0.5) is 0 Å². The number of carbonyl (C=O) groups is 1. The van der Waals surface area contributed by atoms with Crippen LogP contribution in [0.25, 0.3) is 11.0 Å². The predicted octanol–water partition coefficient (Wildman–Crippen LogP) is 1.70. The first-order chi connectivity index (χ1) is 12.2. The van der Waals surface area contributed by atoms with E-state index in [1.807, 2.05) is 17.7 Å². The zero-order valence-electron chi connectivity index (χ0n) is 14.0. The standard InChI is InChI=1S/C17H20N6OS/c1-11-15(25-10-21-11)17(24)20-7-8-23-16-13(3-2-5-19-16)14(22-23)12-4-6-18-9-12/h2-3,5,10,12,18H,4,6-9H2,1H3,(H,20,24)/t12-/m0/s1. The minimum atomic E-state index is -0.0790. The molecule has 7 nitrogen and oxygen atoms in total. The fourth-order valence-electron chi connectivity index (χ4n) is 3.25. The van der Waals surface area contributed by atoms with Gasteiger partial charge in [0, 0.05) is 30.6 Å². The molecule has 4 rings (SSSR count). The molecule has 8 heteroatoms. The molecule has 4 heterocycles. The predicted molar refractivity (Wildman–Crippen MR) is 96.9 cm³/mol. The third-order valence-electron chi connectivity index (χ3n) is 4.54. The quantitative estimate of drug-likeness (QED) is 0.727. The second-order valence-corrected chi connectivity index (χ2v) is 7.05. The number of rotatable bonds is 5. The van der Waals surface area contributed by atoms with Gasteiger partial charge < -0.3 is 10.6 Å². The Morgan fingerprint density at radius 1 is 1.48 bits per heavy atom. The molecule has 1 amide bonds. The fraction of sp³-hybridized carbons (Fsp3) is 0.412. The van der Waals surface area contributed by atoms with Crippen LogP contribution in [0.5, 0.6) is 0 Å². The van der Waals surface area contributed by atoms with Crippen LogP contribution in [0.1, 0.15) is 33.4 Å². The van der Waals surface area contributed by atoms with E-state index in [9.17, 15) is 4.79 Å². The molecule has 0 spiro atoms. The van der Waals surface area contributed by atoms with E-state index < -0.39 is 0 Å². The number of nitrogens with one attached hydrogen (secondary N) is 2.